The van der Waals surface area contributed by atoms with Crippen molar-refractivity contribution in [2.45, 2.75) is 50.5 Å². The van der Waals surface area contributed by atoms with Crippen molar-refractivity contribution in [3.8, 4) is 5.75 Å². The normalized spacial score (nSPS) is 20.1. The minimum Gasteiger partial charge on any atom is -0.479 e. The number of hydrogen-bond acceptors (Lipinski definition) is 3. The SMILES string of the molecule is C[C@H]1Oc2ccccc2N(CCC(=O)NCC2(c3ccccc3)CCCC2)C1=O. The lowest BCUT2D eigenvalue weighted by atomic mass is 9.79. The van der Waals surface area contributed by atoms with E-state index in [1.54, 1.807) is 11.8 Å². The zero-order valence-corrected chi connectivity index (χ0v) is 16.9. The van der Waals surface area contributed by atoms with E-state index >= 15 is 0 Å². The first-order chi connectivity index (χ1) is 14.1. The molecule has 2 aromatic rings. The van der Waals surface area contributed by atoms with E-state index < -0.39 is 6.10 Å². The summed E-state index contributed by atoms with van der Waals surface area (Å²) in [5.41, 5.74) is 2.08. The predicted molar refractivity (Wildman–Crippen MR) is 113 cm³/mol. The van der Waals surface area contributed by atoms with Crippen molar-refractivity contribution in [1.29, 1.82) is 0 Å². The highest BCUT2D eigenvalue weighted by Crippen LogP contribution is 2.40. The van der Waals surface area contributed by atoms with Crippen molar-refractivity contribution >= 4 is 17.5 Å². The average molecular weight is 392 g/mol. The highest BCUT2D eigenvalue weighted by atomic mass is 16.5. The summed E-state index contributed by atoms with van der Waals surface area (Å²) in [6, 6.07) is 18.0. The van der Waals surface area contributed by atoms with E-state index in [4.69, 9.17) is 4.74 Å². The van der Waals surface area contributed by atoms with E-state index in [-0.39, 0.29) is 23.7 Å². The van der Waals surface area contributed by atoms with Gasteiger partial charge < -0.3 is 15.0 Å². The van der Waals surface area contributed by atoms with Crippen LogP contribution in [-0.4, -0.2) is 31.0 Å². The fraction of sp³-hybridized carbons (Fsp3) is 0.417. The second-order valence-corrected chi connectivity index (χ2v) is 8.10. The van der Waals surface area contributed by atoms with Crippen molar-refractivity contribution in [2.24, 2.45) is 0 Å². The van der Waals surface area contributed by atoms with Gasteiger partial charge in [0.1, 0.15) is 5.75 Å². The second-order valence-electron chi connectivity index (χ2n) is 8.10. The zero-order chi connectivity index (χ0) is 20.3. The number of fused-ring (bicyclic) bond motifs is 1. The van der Waals surface area contributed by atoms with Crippen molar-refractivity contribution in [2.75, 3.05) is 18.0 Å². The van der Waals surface area contributed by atoms with Gasteiger partial charge in [0.15, 0.2) is 6.10 Å². The lowest BCUT2D eigenvalue weighted by Crippen LogP contribution is -2.46. The summed E-state index contributed by atoms with van der Waals surface area (Å²) in [7, 11) is 0. The van der Waals surface area contributed by atoms with Crippen LogP contribution in [0.4, 0.5) is 5.69 Å². The van der Waals surface area contributed by atoms with Crippen LogP contribution in [0.25, 0.3) is 0 Å². The molecule has 0 unspecified atom stereocenters. The second kappa shape index (κ2) is 8.27. The highest BCUT2D eigenvalue weighted by molar-refractivity contribution is 6.00. The first-order valence-corrected chi connectivity index (χ1v) is 10.5. The van der Waals surface area contributed by atoms with Crippen molar-refractivity contribution in [1.82, 2.24) is 5.32 Å². The van der Waals surface area contributed by atoms with Gasteiger partial charge in [0.05, 0.1) is 5.69 Å². The van der Waals surface area contributed by atoms with Crippen LogP contribution in [0.3, 0.4) is 0 Å². The summed E-state index contributed by atoms with van der Waals surface area (Å²) in [6.07, 6.45) is 4.34. The van der Waals surface area contributed by atoms with E-state index in [1.807, 2.05) is 30.3 Å². The van der Waals surface area contributed by atoms with Crippen LogP contribution < -0.4 is 15.0 Å². The maximum atomic E-state index is 12.6. The van der Waals surface area contributed by atoms with Crippen LogP contribution in [-0.2, 0) is 15.0 Å². The third kappa shape index (κ3) is 4.00. The molecule has 0 radical (unpaired) electrons. The minimum absolute atomic E-state index is 0.0170. The fourth-order valence-corrected chi connectivity index (χ4v) is 4.57. The number of carbonyl (C=O) groups excluding carboxylic acids is 2. The quantitative estimate of drug-likeness (QED) is 0.813. The molecule has 0 saturated heterocycles. The van der Waals surface area contributed by atoms with Crippen LogP contribution in [0.1, 0.15) is 44.6 Å². The fourth-order valence-electron chi connectivity index (χ4n) is 4.57. The smallest absolute Gasteiger partial charge is 0.267 e. The van der Waals surface area contributed by atoms with E-state index in [1.165, 1.54) is 18.4 Å². The maximum Gasteiger partial charge on any atom is 0.267 e. The van der Waals surface area contributed by atoms with Gasteiger partial charge in [-0.3, -0.25) is 9.59 Å². The van der Waals surface area contributed by atoms with Gasteiger partial charge in [-0.1, -0.05) is 55.3 Å². The molecule has 1 N–H and O–H groups in total. The van der Waals surface area contributed by atoms with Gasteiger partial charge >= 0.3 is 0 Å². The number of anilines is 1. The monoisotopic (exact) mass is 392 g/mol. The molecule has 5 heteroatoms. The molecule has 1 saturated carbocycles. The number of carbonyl (C=O) groups is 2. The highest BCUT2D eigenvalue weighted by Gasteiger charge is 2.36. The number of nitrogens with one attached hydrogen (secondary N) is 1. The summed E-state index contributed by atoms with van der Waals surface area (Å²) < 4.78 is 5.67. The Labute approximate surface area is 172 Å². The number of hydrogen-bond donors (Lipinski definition) is 1. The van der Waals surface area contributed by atoms with E-state index in [9.17, 15) is 9.59 Å². The molecule has 1 atom stereocenters. The number of rotatable bonds is 6. The van der Waals surface area contributed by atoms with Gasteiger partial charge in [-0.05, 0) is 37.5 Å². The van der Waals surface area contributed by atoms with E-state index in [0.717, 1.165) is 18.5 Å². The Morgan fingerprint density at radius 2 is 1.79 bits per heavy atom. The third-order valence-corrected chi connectivity index (χ3v) is 6.21. The van der Waals surface area contributed by atoms with Crippen molar-refractivity contribution < 1.29 is 14.3 Å². The molecule has 2 amide bonds. The Bertz CT molecular complexity index is 875. The van der Waals surface area contributed by atoms with Crippen molar-refractivity contribution in [3.05, 3.63) is 60.2 Å². The van der Waals surface area contributed by atoms with E-state index in [2.05, 4.69) is 29.6 Å². The number of para-hydroxylation sites is 2. The lowest BCUT2D eigenvalue weighted by Gasteiger charge is -2.33. The molecule has 0 aromatic heterocycles. The van der Waals surface area contributed by atoms with Gasteiger partial charge in [-0.2, -0.15) is 0 Å². The molecule has 1 fully saturated rings. The summed E-state index contributed by atoms with van der Waals surface area (Å²) in [5.74, 6) is 0.568. The molecule has 2 aromatic carbocycles. The third-order valence-electron chi connectivity index (χ3n) is 6.21. The summed E-state index contributed by atoms with van der Waals surface area (Å²) >= 11 is 0. The maximum absolute atomic E-state index is 12.6. The Balaban J connectivity index is 1.39. The van der Waals surface area contributed by atoms with Crippen LogP contribution in [0.5, 0.6) is 5.75 Å². The largest absolute Gasteiger partial charge is 0.479 e. The topological polar surface area (TPSA) is 58.6 Å². The lowest BCUT2D eigenvalue weighted by molar-refractivity contribution is -0.125. The number of benzene rings is 2. The number of ether oxygens (including phenoxy) is 1. The summed E-state index contributed by atoms with van der Waals surface area (Å²) in [6.45, 7) is 2.75. The first-order valence-electron chi connectivity index (χ1n) is 10.5. The molecule has 29 heavy (non-hydrogen) atoms. The minimum atomic E-state index is -0.534. The summed E-state index contributed by atoms with van der Waals surface area (Å²) in [5, 5.41) is 3.15. The van der Waals surface area contributed by atoms with Crippen LogP contribution in [0.15, 0.2) is 54.6 Å². The van der Waals surface area contributed by atoms with Crippen LogP contribution in [0.2, 0.25) is 0 Å². The van der Waals surface area contributed by atoms with Crippen LogP contribution >= 0.6 is 0 Å². The molecule has 5 nitrogen and oxygen atoms in total. The average Bonchev–Trinajstić information content (AvgIpc) is 3.23. The molecule has 2 aliphatic rings. The van der Waals surface area contributed by atoms with Gasteiger partial charge in [0, 0.05) is 24.9 Å². The molecule has 1 heterocycles. The predicted octanol–water partition coefficient (Wildman–Crippen LogP) is 3.82. The van der Waals surface area contributed by atoms with Gasteiger partial charge in [0.2, 0.25) is 5.91 Å². The molecule has 0 bridgehead atoms. The van der Waals surface area contributed by atoms with Gasteiger partial charge in [-0.15, -0.1) is 0 Å². The standard InChI is InChI=1S/C24H28N2O3/c1-18-23(28)26(20-11-5-6-12-21(20)29-18)16-13-22(27)25-17-24(14-7-8-15-24)19-9-3-2-4-10-19/h2-6,9-12,18H,7-8,13-17H2,1H3,(H,25,27)/t18-/m1/s1. The molecular formula is C24H28N2O3. The first kappa shape index (κ1) is 19.5. The van der Waals surface area contributed by atoms with Gasteiger partial charge in [0.25, 0.3) is 5.91 Å². The van der Waals surface area contributed by atoms with E-state index in [0.29, 0.717) is 18.8 Å². The molecular weight excluding hydrogens is 364 g/mol. The Morgan fingerprint density at radius 1 is 1.10 bits per heavy atom. The Morgan fingerprint density at radius 3 is 2.55 bits per heavy atom. The number of nitrogens with zero attached hydrogens (tertiary/aromatic N) is 1. The molecule has 1 aliphatic carbocycles. The molecule has 1 aliphatic heterocycles. The van der Waals surface area contributed by atoms with Crippen LogP contribution in [0, 0.1) is 0 Å². The molecule has 0 spiro atoms. The zero-order valence-electron chi connectivity index (χ0n) is 16.9. The molecule has 4 rings (SSSR count). The van der Waals surface area contributed by atoms with Gasteiger partial charge in [-0.25, -0.2) is 0 Å². The molecule has 152 valence electrons. The Kier molecular flexibility index (Phi) is 5.56. The summed E-state index contributed by atoms with van der Waals surface area (Å²) in [4.78, 5) is 26.9. The number of amides is 2. The van der Waals surface area contributed by atoms with Crippen molar-refractivity contribution in [3.63, 3.8) is 0 Å². The Hall–Kier alpha value is -2.82.